The van der Waals surface area contributed by atoms with Crippen LogP contribution in [0.15, 0.2) is 11.1 Å². The molecule has 0 amide bonds. The van der Waals surface area contributed by atoms with Gasteiger partial charge in [0.15, 0.2) is 0 Å². The first-order valence-corrected chi connectivity index (χ1v) is 4.71. The number of hydrogen-bond donors (Lipinski definition) is 2. The molecule has 1 saturated carbocycles. The zero-order valence-corrected chi connectivity index (χ0v) is 8.12. The predicted molar refractivity (Wildman–Crippen MR) is 49.9 cm³/mol. The van der Waals surface area contributed by atoms with Gasteiger partial charge in [0.1, 0.15) is 0 Å². The minimum absolute atomic E-state index is 0.0237. The molecule has 0 heterocycles. The van der Waals surface area contributed by atoms with Gasteiger partial charge in [0.25, 0.3) is 0 Å². The van der Waals surface area contributed by atoms with Crippen LogP contribution in [0.5, 0.6) is 0 Å². The minimum atomic E-state index is -1.13. The fraction of sp³-hybridized carbons (Fsp3) is 0.600. The fourth-order valence-electron chi connectivity index (χ4n) is 1.97. The number of carboxylic acid groups (broad SMARTS) is 2. The summed E-state index contributed by atoms with van der Waals surface area (Å²) < 4.78 is 0. The molecule has 0 radical (unpaired) electrons. The van der Waals surface area contributed by atoms with Crippen LogP contribution in [0, 0.1) is 5.92 Å². The van der Waals surface area contributed by atoms with Gasteiger partial charge in [0.2, 0.25) is 0 Å². The summed E-state index contributed by atoms with van der Waals surface area (Å²) in [5, 5.41) is 17.7. The third-order valence-electron chi connectivity index (χ3n) is 2.72. The van der Waals surface area contributed by atoms with Crippen molar-refractivity contribution in [3.63, 3.8) is 0 Å². The van der Waals surface area contributed by atoms with Gasteiger partial charge in [-0.25, -0.2) is 9.59 Å². The molecule has 2 N–H and O–H groups in total. The first kappa shape index (κ1) is 10.8. The molecule has 0 unspecified atom stereocenters. The van der Waals surface area contributed by atoms with E-state index >= 15 is 0 Å². The van der Waals surface area contributed by atoms with Crippen molar-refractivity contribution in [1.29, 1.82) is 0 Å². The summed E-state index contributed by atoms with van der Waals surface area (Å²) in [4.78, 5) is 21.6. The SMILES string of the molecule is CC(C(=O)O)=C(C(=O)O)C1CCCC1. The zero-order valence-electron chi connectivity index (χ0n) is 8.12. The van der Waals surface area contributed by atoms with E-state index in [-0.39, 0.29) is 17.1 Å². The highest BCUT2D eigenvalue weighted by Gasteiger charge is 2.27. The predicted octanol–water partition coefficient (Wildman–Crippen LogP) is 1.66. The smallest absolute Gasteiger partial charge is 0.332 e. The molecule has 1 fully saturated rings. The fourth-order valence-corrected chi connectivity index (χ4v) is 1.97. The topological polar surface area (TPSA) is 74.6 Å². The second-order valence-corrected chi connectivity index (χ2v) is 3.63. The molecular formula is C10H14O4. The molecule has 0 aromatic carbocycles. The van der Waals surface area contributed by atoms with Crippen molar-refractivity contribution in [1.82, 2.24) is 0 Å². The highest BCUT2D eigenvalue weighted by atomic mass is 16.4. The molecule has 1 rings (SSSR count). The van der Waals surface area contributed by atoms with Crippen LogP contribution in [0.4, 0.5) is 0 Å². The van der Waals surface area contributed by atoms with Gasteiger partial charge in [-0.15, -0.1) is 0 Å². The van der Waals surface area contributed by atoms with E-state index < -0.39 is 11.9 Å². The molecule has 14 heavy (non-hydrogen) atoms. The Hall–Kier alpha value is -1.32. The van der Waals surface area contributed by atoms with Crippen LogP contribution in [0.25, 0.3) is 0 Å². The van der Waals surface area contributed by atoms with Crippen LogP contribution in [0.1, 0.15) is 32.6 Å². The van der Waals surface area contributed by atoms with Crippen molar-refractivity contribution in [2.24, 2.45) is 5.92 Å². The Morgan fingerprint density at radius 3 is 1.93 bits per heavy atom. The molecule has 0 spiro atoms. The van der Waals surface area contributed by atoms with E-state index in [1.807, 2.05) is 0 Å². The Kier molecular flexibility index (Phi) is 3.28. The number of aliphatic carboxylic acids is 2. The molecule has 0 saturated heterocycles. The molecule has 0 aromatic heterocycles. The van der Waals surface area contributed by atoms with Gasteiger partial charge in [0.05, 0.1) is 5.57 Å². The van der Waals surface area contributed by atoms with E-state index in [4.69, 9.17) is 10.2 Å². The third kappa shape index (κ3) is 2.13. The highest BCUT2D eigenvalue weighted by Crippen LogP contribution is 2.32. The van der Waals surface area contributed by atoms with Gasteiger partial charge in [-0.3, -0.25) is 0 Å². The Balaban J connectivity index is 2.99. The summed E-state index contributed by atoms with van der Waals surface area (Å²) in [7, 11) is 0. The van der Waals surface area contributed by atoms with E-state index in [0.717, 1.165) is 25.7 Å². The quantitative estimate of drug-likeness (QED) is 0.676. The van der Waals surface area contributed by atoms with Gasteiger partial charge in [-0.2, -0.15) is 0 Å². The summed E-state index contributed by atoms with van der Waals surface area (Å²) in [6.07, 6.45) is 3.58. The summed E-state index contributed by atoms with van der Waals surface area (Å²) >= 11 is 0. The summed E-state index contributed by atoms with van der Waals surface area (Å²) in [6.45, 7) is 1.37. The van der Waals surface area contributed by atoms with Crippen molar-refractivity contribution >= 4 is 11.9 Å². The first-order valence-electron chi connectivity index (χ1n) is 4.71. The van der Waals surface area contributed by atoms with Gasteiger partial charge in [0, 0.05) is 5.57 Å². The lowest BCUT2D eigenvalue weighted by molar-refractivity contribution is -0.136. The Labute approximate surface area is 82.2 Å². The Bertz CT molecular complexity index is 284. The Morgan fingerprint density at radius 2 is 1.57 bits per heavy atom. The maximum Gasteiger partial charge on any atom is 0.332 e. The van der Waals surface area contributed by atoms with Gasteiger partial charge >= 0.3 is 11.9 Å². The molecule has 4 heteroatoms. The number of carbonyl (C=O) groups is 2. The highest BCUT2D eigenvalue weighted by molar-refractivity contribution is 5.98. The third-order valence-corrected chi connectivity index (χ3v) is 2.72. The molecule has 1 aliphatic rings. The van der Waals surface area contributed by atoms with E-state index in [0.29, 0.717) is 0 Å². The van der Waals surface area contributed by atoms with Gasteiger partial charge in [-0.1, -0.05) is 12.8 Å². The monoisotopic (exact) mass is 198 g/mol. The summed E-state index contributed by atoms with van der Waals surface area (Å²) in [5.41, 5.74) is 0.0689. The number of hydrogen-bond acceptors (Lipinski definition) is 2. The second kappa shape index (κ2) is 4.26. The van der Waals surface area contributed by atoms with Crippen molar-refractivity contribution in [3.8, 4) is 0 Å². The van der Waals surface area contributed by atoms with Crippen LogP contribution in [-0.4, -0.2) is 22.2 Å². The van der Waals surface area contributed by atoms with Crippen molar-refractivity contribution in [3.05, 3.63) is 11.1 Å². The van der Waals surface area contributed by atoms with E-state index in [9.17, 15) is 9.59 Å². The zero-order chi connectivity index (χ0) is 10.7. The minimum Gasteiger partial charge on any atom is -0.478 e. The standard InChI is InChI=1S/C10H14O4/c1-6(9(11)12)8(10(13)14)7-4-2-3-5-7/h7H,2-5H2,1H3,(H,11,12)(H,13,14). The molecule has 0 aliphatic heterocycles. The molecular weight excluding hydrogens is 184 g/mol. The van der Waals surface area contributed by atoms with Gasteiger partial charge < -0.3 is 10.2 Å². The largest absolute Gasteiger partial charge is 0.478 e. The molecule has 0 aromatic rings. The molecule has 78 valence electrons. The van der Waals surface area contributed by atoms with E-state index in [1.165, 1.54) is 6.92 Å². The number of carboxylic acids is 2. The summed E-state index contributed by atoms with van der Waals surface area (Å²) in [6, 6.07) is 0. The van der Waals surface area contributed by atoms with Gasteiger partial charge in [-0.05, 0) is 25.7 Å². The average molecular weight is 198 g/mol. The molecule has 0 bridgehead atoms. The van der Waals surface area contributed by atoms with E-state index in [2.05, 4.69) is 0 Å². The molecule has 1 aliphatic carbocycles. The van der Waals surface area contributed by atoms with Crippen molar-refractivity contribution in [2.45, 2.75) is 32.6 Å². The lowest BCUT2D eigenvalue weighted by Gasteiger charge is -2.11. The maximum absolute atomic E-state index is 10.9. The first-order chi connectivity index (χ1) is 6.54. The maximum atomic E-state index is 10.9. The molecule has 0 atom stereocenters. The van der Waals surface area contributed by atoms with Crippen LogP contribution >= 0.6 is 0 Å². The van der Waals surface area contributed by atoms with E-state index in [1.54, 1.807) is 0 Å². The van der Waals surface area contributed by atoms with Crippen LogP contribution in [-0.2, 0) is 9.59 Å². The van der Waals surface area contributed by atoms with Crippen molar-refractivity contribution < 1.29 is 19.8 Å². The lowest BCUT2D eigenvalue weighted by atomic mass is 9.93. The van der Waals surface area contributed by atoms with Crippen LogP contribution in [0.3, 0.4) is 0 Å². The van der Waals surface area contributed by atoms with Crippen molar-refractivity contribution in [2.75, 3.05) is 0 Å². The lowest BCUT2D eigenvalue weighted by Crippen LogP contribution is -2.15. The Morgan fingerprint density at radius 1 is 1.07 bits per heavy atom. The summed E-state index contributed by atoms with van der Waals surface area (Å²) in [5.74, 6) is -2.28. The second-order valence-electron chi connectivity index (χ2n) is 3.63. The normalized spacial score (nSPS) is 19.2. The van der Waals surface area contributed by atoms with Crippen LogP contribution < -0.4 is 0 Å². The number of rotatable bonds is 3. The molecule has 4 nitrogen and oxygen atoms in total. The van der Waals surface area contributed by atoms with Crippen LogP contribution in [0.2, 0.25) is 0 Å². The average Bonchev–Trinajstić information content (AvgIpc) is 2.56.